The Hall–Kier alpha value is -1.19. The Labute approximate surface area is 160 Å². The first-order valence-corrected chi connectivity index (χ1v) is 10.2. The van der Waals surface area contributed by atoms with Crippen molar-refractivity contribution in [2.45, 2.75) is 30.2 Å². The summed E-state index contributed by atoms with van der Waals surface area (Å²) in [4.78, 5) is 14.4. The first-order valence-electron chi connectivity index (χ1n) is 8.73. The Morgan fingerprint density at radius 3 is 2.38 bits per heavy atom. The maximum absolute atomic E-state index is 12.9. The highest BCUT2D eigenvalue weighted by molar-refractivity contribution is 7.89. The van der Waals surface area contributed by atoms with Gasteiger partial charge in [0.1, 0.15) is 0 Å². The molecule has 1 amide bonds. The summed E-state index contributed by atoms with van der Waals surface area (Å²) in [7, 11) is -3.58. The van der Waals surface area contributed by atoms with E-state index < -0.39 is 10.0 Å². The number of hydrogen-bond donors (Lipinski definition) is 1. The summed E-state index contributed by atoms with van der Waals surface area (Å²) in [5.74, 6) is -0.0925. The fraction of sp³-hybridized carbons (Fsp3) is 0.588. The molecular formula is C17H26ClN3O4S. The van der Waals surface area contributed by atoms with Crippen LogP contribution in [0.1, 0.15) is 29.6 Å². The molecule has 0 aromatic heterocycles. The summed E-state index contributed by atoms with van der Waals surface area (Å²) in [5, 5.41) is 0. The van der Waals surface area contributed by atoms with Crippen LogP contribution in [-0.2, 0) is 14.8 Å². The SMILES string of the molecule is Cl.NCC1CCCCN1S(=O)(=O)c1ccc(C(=O)N2CCOCC2)cc1. The predicted octanol–water partition coefficient (Wildman–Crippen LogP) is 1.08. The molecule has 1 atom stereocenters. The Kier molecular flexibility index (Phi) is 7.42. The van der Waals surface area contributed by atoms with Crippen LogP contribution in [0.15, 0.2) is 29.2 Å². The van der Waals surface area contributed by atoms with E-state index in [2.05, 4.69) is 0 Å². The van der Waals surface area contributed by atoms with Gasteiger partial charge in [-0.05, 0) is 37.1 Å². The largest absolute Gasteiger partial charge is 0.378 e. The monoisotopic (exact) mass is 403 g/mol. The van der Waals surface area contributed by atoms with Crippen molar-refractivity contribution < 1.29 is 17.9 Å². The number of ether oxygens (including phenoxy) is 1. The lowest BCUT2D eigenvalue weighted by atomic mass is 10.1. The predicted molar refractivity (Wildman–Crippen MR) is 101 cm³/mol. The van der Waals surface area contributed by atoms with Gasteiger partial charge in [0, 0.05) is 37.8 Å². The number of nitrogens with two attached hydrogens (primary N) is 1. The van der Waals surface area contributed by atoms with Gasteiger partial charge in [0.25, 0.3) is 5.91 Å². The third-order valence-corrected chi connectivity index (χ3v) is 6.82. The first-order chi connectivity index (χ1) is 12.0. The van der Waals surface area contributed by atoms with Crippen molar-refractivity contribution in [2.24, 2.45) is 5.73 Å². The van der Waals surface area contributed by atoms with Crippen molar-refractivity contribution in [1.29, 1.82) is 0 Å². The summed E-state index contributed by atoms with van der Waals surface area (Å²) in [5.41, 5.74) is 6.24. The lowest BCUT2D eigenvalue weighted by Crippen LogP contribution is -2.47. The number of amides is 1. The second-order valence-corrected chi connectivity index (χ2v) is 8.32. The second-order valence-electron chi connectivity index (χ2n) is 6.43. The molecule has 7 nitrogen and oxygen atoms in total. The molecule has 1 aromatic rings. The second kappa shape index (κ2) is 9.14. The van der Waals surface area contributed by atoms with E-state index in [1.54, 1.807) is 17.0 Å². The molecule has 0 saturated carbocycles. The molecule has 0 aliphatic carbocycles. The van der Waals surface area contributed by atoms with Gasteiger partial charge in [-0.1, -0.05) is 6.42 Å². The minimum atomic E-state index is -3.58. The molecule has 3 rings (SSSR count). The van der Waals surface area contributed by atoms with Gasteiger partial charge >= 0.3 is 0 Å². The number of rotatable bonds is 4. The van der Waals surface area contributed by atoms with E-state index in [4.69, 9.17) is 10.5 Å². The highest BCUT2D eigenvalue weighted by Crippen LogP contribution is 2.25. The van der Waals surface area contributed by atoms with Crippen LogP contribution in [0.25, 0.3) is 0 Å². The number of sulfonamides is 1. The Morgan fingerprint density at radius 2 is 1.77 bits per heavy atom. The molecule has 0 bridgehead atoms. The van der Waals surface area contributed by atoms with Crippen LogP contribution in [0.2, 0.25) is 0 Å². The summed E-state index contributed by atoms with van der Waals surface area (Å²) in [6, 6.07) is 6.07. The van der Waals surface area contributed by atoms with Crippen LogP contribution in [0.4, 0.5) is 0 Å². The molecule has 0 spiro atoms. The molecule has 2 heterocycles. The highest BCUT2D eigenvalue weighted by Gasteiger charge is 2.32. The van der Waals surface area contributed by atoms with E-state index in [-0.39, 0.29) is 29.3 Å². The van der Waals surface area contributed by atoms with E-state index in [0.29, 0.717) is 45.0 Å². The molecule has 0 radical (unpaired) electrons. The molecule has 26 heavy (non-hydrogen) atoms. The Morgan fingerprint density at radius 1 is 1.12 bits per heavy atom. The van der Waals surface area contributed by atoms with E-state index in [1.807, 2.05) is 0 Å². The van der Waals surface area contributed by atoms with Crippen molar-refractivity contribution in [1.82, 2.24) is 9.21 Å². The molecule has 2 aliphatic heterocycles. The third-order valence-electron chi connectivity index (χ3n) is 4.85. The van der Waals surface area contributed by atoms with Crippen LogP contribution in [0.5, 0.6) is 0 Å². The molecule has 2 saturated heterocycles. The van der Waals surface area contributed by atoms with Crippen LogP contribution in [0.3, 0.4) is 0 Å². The molecular weight excluding hydrogens is 378 g/mol. The van der Waals surface area contributed by atoms with Gasteiger partial charge in [-0.15, -0.1) is 12.4 Å². The Balaban J connectivity index is 0.00000243. The summed E-state index contributed by atoms with van der Waals surface area (Å²) >= 11 is 0. The van der Waals surface area contributed by atoms with Gasteiger partial charge in [-0.2, -0.15) is 4.31 Å². The summed E-state index contributed by atoms with van der Waals surface area (Å²) in [6.07, 6.45) is 2.65. The minimum Gasteiger partial charge on any atom is -0.378 e. The number of morpholine rings is 1. The zero-order valence-corrected chi connectivity index (χ0v) is 16.3. The van der Waals surface area contributed by atoms with Gasteiger partial charge < -0.3 is 15.4 Å². The number of piperidine rings is 1. The van der Waals surface area contributed by atoms with Gasteiger partial charge in [-0.25, -0.2) is 8.42 Å². The summed E-state index contributed by atoms with van der Waals surface area (Å²) in [6.45, 7) is 3.02. The fourth-order valence-electron chi connectivity index (χ4n) is 3.38. The van der Waals surface area contributed by atoms with Crippen molar-refractivity contribution in [3.63, 3.8) is 0 Å². The molecule has 1 aromatic carbocycles. The van der Waals surface area contributed by atoms with E-state index >= 15 is 0 Å². The highest BCUT2D eigenvalue weighted by atomic mass is 35.5. The molecule has 2 fully saturated rings. The molecule has 2 N–H and O–H groups in total. The average Bonchev–Trinajstić information content (AvgIpc) is 2.68. The number of benzene rings is 1. The fourth-order valence-corrected chi connectivity index (χ4v) is 5.08. The maximum Gasteiger partial charge on any atom is 0.254 e. The van der Waals surface area contributed by atoms with Gasteiger partial charge in [-0.3, -0.25) is 4.79 Å². The van der Waals surface area contributed by atoms with E-state index in [9.17, 15) is 13.2 Å². The van der Waals surface area contributed by atoms with Crippen molar-refractivity contribution in [3.8, 4) is 0 Å². The maximum atomic E-state index is 12.9. The molecule has 9 heteroatoms. The van der Waals surface area contributed by atoms with Crippen molar-refractivity contribution >= 4 is 28.3 Å². The van der Waals surface area contributed by atoms with Crippen molar-refractivity contribution in [3.05, 3.63) is 29.8 Å². The topological polar surface area (TPSA) is 92.9 Å². The van der Waals surface area contributed by atoms with E-state index in [1.165, 1.54) is 16.4 Å². The lowest BCUT2D eigenvalue weighted by molar-refractivity contribution is 0.0303. The number of carbonyl (C=O) groups excluding carboxylic acids is 1. The van der Waals surface area contributed by atoms with E-state index in [0.717, 1.165) is 19.3 Å². The quantitative estimate of drug-likeness (QED) is 0.812. The number of halogens is 1. The smallest absolute Gasteiger partial charge is 0.254 e. The van der Waals surface area contributed by atoms with Gasteiger partial charge in [0.05, 0.1) is 18.1 Å². The molecule has 146 valence electrons. The van der Waals surface area contributed by atoms with Gasteiger partial charge in [0.15, 0.2) is 0 Å². The normalized spacial score (nSPS) is 21.9. The van der Waals surface area contributed by atoms with Crippen LogP contribution >= 0.6 is 12.4 Å². The first kappa shape index (κ1) is 21.1. The van der Waals surface area contributed by atoms with Crippen LogP contribution < -0.4 is 5.73 Å². The standard InChI is InChI=1S/C17H25N3O4S.ClH/c18-13-15-3-1-2-8-20(15)25(22,23)16-6-4-14(5-7-16)17(21)19-9-11-24-12-10-19;/h4-7,15H,1-3,8-13,18H2;1H. The Bertz CT molecular complexity index is 705. The molecule has 2 aliphatic rings. The van der Waals surface area contributed by atoms with Crippen molar-refractivity contribution in [2.75, 3.05) is 39.4 Å². The number of carbonyl (C=O) groups is 1. The lowest BCUT2D eigenvalue weighted by Gasteiger charge is -2.33. The number of hydrogen-bond acceptors (Lipinski definition) is 5. The number of nitrogens with zero attached hydrogens (tertiary/aromatic N) is 2. The minimum absolute atomic E-state index is 0. The van der Waals surface area contributed by atoms with Crippen LogP contribution in [0, 0.1) is 0 Å². The van der Waals surface area contributed by atoms with Crippen LogP contribution in [-0.4, -0.2) is 69.0 Å². The zero-order chi connectivity index (χ0) is 17.9. The summed E-state index contributed by atoms with van der Waals surface area (Å²) < 4.78 is 32.6. The average molecular weight is 404 g/mol. The third kappa shape index (κ3) is 4.37. The zero-order valence-electron chi connectivity index (χ0n) is 14.7. The molecule has 1 unspecified atom stereocenters. The van der Waals surface area contributed by atoms with Gasteiger partial charge in [0.2, 0.25) is 10.0 Å².